The van der Waals surface area contributed by atoms with Crippen molar-refractivity contribution in [2.24, 2.45) is 0 Å². The summed E-state index contributed by atoms with van der Waals surface area (Å²) in [7, 11) is 0. The van der Waals surface area contributed by atoms with Crippen LogP contribution >= 0.6 is 0 Å². The smallest absolute Gasteiger partial charge is 0.267 e. The molecule has 0 spiro atoms. The van der Waals surface area contributed by atoms with Crippen LogP contribution in [-0.4, -0.2) is 10.2 Å². The first-order valence-electron chi connectivity index (χ1n) is 4.04. The van der Waals surface area contributed by atoms with Gasteiger partial charge in [0, 0.05) is 5.39 Å². The summed E-state index contributed by atoms with van der Waals surface area (Å²) in [5, 5.41) is 5.21. The number of nitrogens with one attached hydrogen (secondary N) is 1. The molecule has 0 aliphatic heterocycles. The van der Waals surface area contributed by atoms with E-state index in [4.69, 9.17) is 0 Å². The molecule has 1 heterocycles. The molecule has 0 saturated heterocycles. The molecule has 1 aromatic carbocycles. The highest BCUT2D eigenvalue weighted by molar-refractivity contribution is 5.84. The largest absolute Gasteiger partial charge is 0.417 e. The van der Waals surface area contributed by atoms with Gasteiger partial charge in [-0.2, -0.15) is 18.3 Å². The number of rotatable bonds is 0. The zero-order chi connectivity index (χ0) is 11.1. The molecular formula is C9H5F3N2O. The quantitative estimate of drug-likeness (QED) is 0.728. The number of aromatic nitrogens is 2. The summed E-state index contributed by atoms with van der Waals surface area (Å²) in [5.74, 6) is 0. The highest BCUT2D eigenvalue weighted by atomic mass is 19.4. The van der Waals surface area contributed by atoms with Crippen molar-refractivity contribution in [3.8, 4) is 0 Å². The number of hydrogen-bond acceptors (Lipinski definition) is 2. The van der Waals surface area contributed by atoms with Gasteiger partial charge in [-0.15, -0.1) is 0 Å². The first kappa shape index (κ1) is 9.70. The second-order valence-corrected chi connectivity index (χ2v) is 2.97. The molecule has 0 fully saturated rings. The van der Waals surface area contributed by atoms with E-state index in [-0.39, 0.29) is 10.8 Å². The zero-order valence-electron chi connectivity index (χ0n) is 7.30. The number of halogens is 3. The molecule has 0 radical (unpaired) electrons. The number of aromatic amines is 1. The van der Waals surface area contributed by atoms with E-state index in [2.05, 4.69) is 5.10 Å². The molecular weight excluding hydrogens is 209 g/mol. The van der Waals surface area contributed by atoms with Crippen molar-refractivity contribution < 1.29 is 13.2 Å². The first-order chi connectivity index (χ1) is 7.00. The number of nitrogens with zero attached hydrogens (tertiary/aromatic N) is 1. The average Bonchev–Trinajstić information content (AvgIpc) is 2.16. The SMILES string of the molecule is O=c1[nH]ncc2cccc(C(F)(F)F)c12. The Balaban J connectivity index is 2.93. The minimum Gasteiger partial charge on any atom is -0.267 e. The van der Waals surface area contributed by atoms with E-state index in [1.807, 2.05) is 5.10 Å². The van der Waals surface area contributed by atoms with Crippen LogP contribution in [0.2, 0.25) is 0 Å². The Hall–Kier alpha value is -1.85. The van der Waals surface area contributed by atoms with Crippen LogP contribution in [0.3, 0.4) is 0 Å². The van der Waals surface area contributed by atoms with Crippen LogP contribution in [0, 0.1) is 0 Å². The lowest BCUT2D eigenvalue weighted by Gasteiger charge is -2.08. The van der Waals surface area contributed by atoms with Gasteiger partial charge in [-0.1, -0.05) is 12.1 Å². The Bertz CT molecular complexity index is 554. The molecule has 1 N–H and O–H groups in total. The molecule has 3 nitrogen and oxygen atoms in total. The van der Waals surface area contributed by atoms with Crippen molar-refractivity contribution in [1.82, 2.24) is 10.2 Å². The molecule has 0 aliphatic carbocycles. The molecule has 6 heteroatoms. The van der Waals surface area contributed by atoms with Crippen LogP contribution in [0.15, 0.2) is 29.2 Å². The first-order valence-corrected chi connectivity index (χ1v) is 4.04. The van der Waals surface area contributed by atoms with Gasteiger partial charge in [0.15, 0.2) is 0 Å². The highest BCUT2D eigenvalue weighted by Gasteiger charge is 2.33. The van der Waals surface area contributed by atoms with Gasteiger partial charge in [0.1, 0.15) is 0 Å². The maximum absolute atomic E-state index is 12.5. The third-order valence-electron chi connectivity index (χ3n) is 2.00. The van der Waals surface area contributed by atoms with Crippen molar-refractivity contribution in [1.29, 1.82) is 0 Å². The third-order valence-corrected chi connectivity index (χ3v) is 2.00. The minimum absolute atomic E-state index is 0.175. The second-order valence-electron chi connectivity index (χ2n) is 2.97. The minimum atomic E-state index is -4.53. The maximum atomic E-state index is 12.5. The molecule has 0 bridgehead atoms. The van der Waals surface area contributed by atoms with Gasteiger partial charge in [0.2, 0.25) is 0 Å². The summed E-state index contributed by atoms with van der Waals surface area (Å²) < 4.78 is 37.6. The lowest BCUT2D eigenvalue weighted by Crippen LogP contribution is -2.14. The van der Waals surface area contributed by atoms with Crippen molar-refractivity contribution in [3.05, 3.63) is 40.3 Å². The number of fused-ring (bicyclic) bond motifs is 1. The van der Waals surface area contributed by atoms with E-state index < -0.39 is 17.3 Å². The summed E-state index contributed by atoms with van der Waals surface area (Å²) in [4.78, 5) is 11.2. The molecule has 2 rings (SSSR count). The fourth-order valence-corrected chi connectivity index (χ4v) is 1.38. The van der Waals surface area contributed by atoms with E-state index in [1.165, 1.54) is 18.3 Å². The van der Waals surface area contributed by atoms with Crippen molar-refractivity contribution in [2.75, 3.05) is 0 Å². The normalized spacial score (nSPS) is 11.9. The highest BCUT2D eigenvalue weighted by Crippen LogP contribution is 2.32. The number of hydrogen-bond donors (Lipinski definition) is 1. The van der Waals surface area contributed by atoms with E-state index >= 15 is 0 Å². The van der Waals surface area contributed by atoms with E-state index in [0.717, 1.165) is 6.07 Å². The topological polar surface area (TPSA) is 45.8 Å². The molecule has 15 heavy (non-hydrogen) atoms. The van der Waals surface area contributed by atoms with Crippen LogP contribution in [0.5, 0.6) is 0 Å². The zero-order valence-corrected chi connectivity index (χ0v) is 7.30. The predicted molar refractivity (Wildman–Crippen MR) is 47.4 cm³/mol. The Morgan fingerprint density at radius 1 is 1.27 bits per heavy atom. The van der Waals surface area contributed by atoms with Crippen molar-refractivity contribution >= 4 is 10.8 Å². The summed E-state index contributed by atoms with van der Waals surface area (Å²) >= 11 is 0. The molecule has 1 aromatic heterocycles. The molecule has 0 atom stereocenters. The third kappa shape index (κ3) is 1.58. The van der Waals surface area contributed by atoms with Gasteiger partial charge in [-0.25, -0.2) is 5.10 Å². The lowest BCUT2D eigenvalue weighted by atomic mass is 10.1. The Kier molecular flexibility index (Phi) is 1.99. The van der Waals surface area contributed by atoms with Gasteiger partial charge in [-0.05, 0) is 6.07 Å². The van der Waals surface area contributed by atoms with Gasteiger partial charge < -0.3 is 0 Å². The molecule has 0 saturated carbocycles. The summed E-state index contributed by atoms with van der Waals surface area (Å²) in [6.45, 7) is 0. The van der Waals surface area contributed by atoms with E-state index in [9.17, 15) is 18.0 Å². The summed E-state index contributed by atoms with van der Waals surface area (Å²) in [6.07, 6.45) is -3.35. The molecule has 2 aromatic rings. The molecule has 0 aliphatic rings. The average molecular weight is 214 g/mol. The molecule has 78 valence electrons. The Labute approximate surface area is 81.5 Å². The maximum Gasteiger partial charge on any atom is 0.417 e. The van der Waals surface area contributed by atoms with E-state index in [0.29, 0.717) is 0 Å². The summed E-state index contributed by atoms with van der Waals surface area (Å²) in [5.41, 5.74) is -1.77. The lowest BCUT2D eigenvalue weighted by molar-refractivity contribution is -0.136. The van der Waals surface area contributed by atoms with Crippen LogP contribution in [0.1, 0.15) is 5.56 Å². The monoisotopic (exact) mass is 214 g/mol. The molecule has 0 unspecified atom stereocenters. The fourth-order valence-electron chi connectivity index (χ4n) is 1.38. The molecule has 0 amide bonds. The number of H-pyrrole nitrogens is 1. The Morgan fingerprint density at radius 2 is 2.00 bits per heavy atom. The second kappa shape index (κ2) is 3.08. The van der Waals surface area contributed by atoms with Crippen LogP contribution in [-0.2, 0) is 6.18 Å². The predicted octanol–water partition coefficient (Wildman–Crippen LogP) is 1.94. The van der Waals surface area contributed by atoms with Gasteiger partial charge >= 0.3 is 6.18 Å². The summed E-state index contributed by atoms with van der Waals surface area (Å²) in [6, 6.07) is 3.52. The van der Waals surface area contributed by atoms with Gasteiger partial charge in [0.25, 0.3) is 5.56 Å². The van der Waals surface area contributed by atoms with Crippen molar-refractivity contribution in [2.45, 2.75) is 6.18 Å². The van der Waals surface area contributed by atoms with Crippen molar-refractivity contribution in [3.63, 3.8) is 0 Å². The number of benzene rings is 1. The standard InChI is InChI=1S/C9H5F3N2O/c10-9(11,12)6-3-1-2-5-4-13-14-8(15)7(5)6/h1-4H,(H,14,15). The Morgan fingerprint density at radius 3 is 2.67 bits per heavy atom. The fraction of sp³-hybridized carbons (Fsp3) is 0.111. The number of alkyl halides is 3. The van der Waals surface area contributed by atoms with Crippen LogP contribution in [0.4, 0.5) is 13.2 Å². The van der Waals surface area contributed by atoms with Gasteiger partial charge in [0.05, 0.1) is 17.1 Å². The van der Waals surface area contributed by atoms with Gasteiger partial charge in [-0.3, -0.25) is 4.79 Å². The van der Waals surface area contributed by atoms with Crippen LogP contribution < -0.4 is 5.56 Å². The van der Waals surface area contributed by atoms with E-state index in [1.54, 1.807) is 0 Å². The van der Waals surface area contributed by atoms with Crippen LogP contribution in [0.25, 0.3) is 10.8 Å².